The van der Waals surface area contributed by atoms with Crippen LogP contribution in [0, 0.1) is 0 Å². The van der Waals surface area contributed by atoms with Crippen LogP contribution in [0.25, 0.3) is 27.8 Å². The monoisotopic (exact) mass is 519 g/mol. The summed E-state index contributed by atoms with van der Waals surface area (Å²) in [5.74, 6) is -0.815. The van der Waals surface area contributed by atoms with Crippen molar-refractivity contribution in [3.05, 3.63) is 129 Å². The quantitative estimate of drug-likeness (QED) is 0.220. The molecule has 7 nitrogen and oxygen atoms in total. The van der Waals surface area contributed by atoms with Gasteiger partial charge in [-0.25, -0.2) is 9.36 Å². The van der Waals surface area contributed by atoms with Crippen LogP contribution in [0.2, 0.25) is 0 Å². The Kier molecular flexibility index (Phi) is 6.11. The molecule has 4 aromatic carbocycles. The van der Waals surface area contributed by atoms with Gasteiger partial charge in [0.15, 0.2) is 11.2 Å². The Morgan fingerprint density at radius 2 is 1.49 bits per heavy atom. The summed E-state index contributed by atoms with van der Waals surface area (Å²) in [6.07, 6.45) is 3.67. The van der Waals surface area contributed by atoms with E-state index in [4.69, 9.17) is 13.9 Å². The Labute approximate surface area is 223 Å². The number of fused-ring (bicyclic) bond motifs is 6. The van der Waals surface area contributed by atoms with E-state index in [1.54, 1.807) is 13.0 Å². The molecule has 0 atom stereocenters. The number of hydrogen-bond donors (Lipinski definition) is 0. The number of rotatable bonds is 6. The van der Waals surface area contributed by atoms with Crippen LogP contribution < -0.4 is 16.1 Å². The first-order valence-electron chi connectivity index (χ1n) is 12.8. The first-order chi connectivity index (χ1) is 19.0. The van der Waals surface area contributed by atoms with Crippen molar-refractivity contribution in [2.45, 2.75) is 25.5 Å². The van der Waals surface area contributed by atoms with Gasteiger partial charge >= 0.3 is 11.7 Å². The second-order valence-corrected chi connectivity index (χ2v) is 9.28. The lowest BCUT2D eigenvalue weighted by Gasteiger charge is -2.36. The molecule has 194 valence electrons. The lowest BCUT2D eigenvalue weighted by Crippen LogP contribution is -2.36. The van der Waals surface area contributed by atoms with Gasteiger partial charge in [-0.1, -0.05) is 84.9 Å². The zero-order valence-corrected chi connectivity index (χ0v) is 21.3. The zero-order chi connectivity index (χ0) is 27.0. The number of benzene rings is 4. The third kappa shape index (κ3) is 4.03. The summed E-state index contributed by atoms with van der Waals surface area (Å²) in [5.41, 5.74) is 1.05. The summed E-state index contributed by atoms with van der Waals surface area (Å²) in [7, 11) is 0. The summed E-state index contributed by atoms with van der Waals surface area (Å²) >= 11 is 0. The van der Waals surface area contributed by atoms with E-state index in [2.05, 4.69) is 0 Å². The fourth-order valence-electron chi connectivity index (χ4n) is 5.22. The van der Waals surface area contributed by atoms with Crippen LogP contribution >= 0.6 is 0 Å². The highest BCUT2D eigenvalue weighted by molar-refractivity contribution is 6.11. The minimum atomic E-state index is -0.954. The van der Waals surface area contributed by atoms with Crippen LogP contribution in [-0.2, 0) is 21.7 Å². The maximum absolute atomic E-state index is 13.8. The Morgan fingerprint density at radius 3 is 2.13 bits per heavy atom. The lowest BCUT2D eigenvalue weighted by molar-refractivity contribution is -0.143. The molecule has 0 amide bonds. The molecule has 0 N–H and O–H groups in total. The molecule has 0 bridgehead atoms. The number of aromatic nitrogens is 1. The van der Waals surface area contributed by atoms with E-state index < -0.39 is 22.9 Å². The van der Waals surface area contributed by atoms with Gasteiger partial charge in [0.05, 0.1) is 18.4 Å². The second-order valence-electron chi connectivity index (χ2n) is 9.28. The van der Waals surface area contributed by atoms with Gasteiger partial charge in [0.1, 0.15) is 5.75 Å². The number of nitrogens with zero attached hydrogens (tertiary/aromatic N) is 1. The molecule has 39 heavy (non-hydrogen) atoms. The molecule has 0 spiro atoms. The molecule has 0 aliphatic carbocycles. The molecule has 0 unspecified atom stereocenters. The molecule has 1 aliphatic rings. The van der Waals surface area contributed by atoms with E-state index in [1.165, 1.54) is 0 Å². The predicted octanol–water partition coefficient (Wildman–Crippen LogP) is 5.41. The fraction of sp³-hybridized carbons (Fsp3) is 0.156. The molecule has 7 heteroatoms. The average Bonchev–Trinajstić information content (AvgIpc) is 2.98. The maximum Gasteiger partial charge on any atom is 0.422 e. The van der Waals surface area contributed by atoms with E-state index >= 15 is 0 Å². The molecular weight excluding hydrogens is 494 g/mol. The standard InChI is InChI=1S/C32H25NO6/c1-2-37-26(34)18-20-33-30(35)27-25-17-19-32(21-11-5-3-6-12-21,22-13-7-4-8-14-22)39-28(25)23-15-9-10-16-24(23)29(27)38-31(33)36/h3-17,19H,2,18,20H2,1H3. The largest absolute Gasteiger partial charge is 0.472 e. The van der Waals surface area contributed by atoms with Gasteiger partial charge in [0.25, 0.3) is 5.56 Å². The van der Waals surface area contributed by atoms with E-state index in [1.807, 2.05) is 91.0 Å². The van der Waals surface area contributed by atoms with Gasteiger partial charge in [0, 0.05) is 34.0 Å². The second kappa shape index (κ2) is 9.76. The van der Waals surface area contributed by atoms with Crippen molar-refractivity contribution in [1.82, 2.24) is 4.57 Å². The van der Waals surface area contributed by atoms with Crippen LogP contribution in [0.3, 0.4) is 0 Å². The third-order valence-corrected chi connectivity index (χ3v) is 7.02. The van der Waals surface area contributed by atoms with Crippen LogP contribution in [0.15, 0.2) is 105 Å². The SMILES string of the molecule is CCOC(=O)CCn1c(=O)oc2c(c3c(c4ccccc42)OC(c2ccccc2)(c2ccccc2)C=C3)c1=O. The summed E-state index contributed by atoms with van der Waals surface area (Å²) in [6.45, 7) is 1.76. The van der Waals surface area contributed by atoms with Gasteiger partial charge in [0.2, 0.25) is 0 Å². The summed E-state index contributed by atoms with van der Waals surface area (Å²) < 4.78 is 18.6. The lowest BCUT2D eigenvalue weighted by atomic mass is 9.83. The highest BCUT2D eigenvalue weighted by Crippen LogP contribution is 2.47. The van der Waals surface area contributed by atoms with Crippen molar-refractivity contribution in [3.8, 4) is 5.75 Å². The number of esters is 1. The van der Waals surface area contributed by atoms with E-state index in [9.17, 15) is 14.4 Å². The van der Waals surface area contributed by atoms with Gasteiger partial charge in [-0.3, -0.25) is 9.59 Å². The summed E-state index contributed by atoms with van der Waals surface area (Å²) in [5, 5.41) is 1.52. The van der Waals surface area contributed by atoms with Gasteiger partial charge < -0.3 is 13.9 Å². The van der Waals surface area contributed by atoms with Crippen LogP contribution in [0.5, 0.6) is 5.75 Å². The third-order valence-electron chi connectivity index (χ3n) is 7.02. The van der Waals surface area contributed by atoms with Crippen molar-refractivity contribution in [1.29, 1.82) is 0 Å². The molecule has 2 heterocycles. The highest BCUT2D eigenvalue weighted by atomic mass is 16.5. The molecule has 6 rings (SSSR count). The smallest absolute Gasteiger partial charge is 0.422 e. The summed E-state index contributed by atoms with van der Waals surface area (Å²) in [6, 6.07) is 27.2. The Hall–Kier alpha value is -4.91. The van der Waals surface area contributed by atoms with Crippen molar-refractivity contribution in [2.24, 2.45) is 0 Å². The van der Waals surface area contributed by atoms with Crippen molar-refractivity contribution in [3.63, 3.8) is 0 Å². The van der Waals surface area contributed by atoms with E-state index in [-0.39, 0.29) is 30.5 Å². The molecular formula is C32H25NO6. The minimum Gasteiger partial charge on any atom is -0.472 e. The highest BCUT2D eigenvalue weighted by Gasteiger charge is 2.38. The molecule has 0 radical (unpaired) electrons. The van der Waals surface area contributed by atoms with Gasteiger partial charge in [-0.2, -0.15) is 0 Å². The zero-order valence-electron chi connectivity index (χ0n) is 21.3. The van der Waals surface area contributed by atoms with Crippen LogP contribution in [0.1, 0.15) is 30.0 Å². The average molecular weight is 520 g/mol. The number of carbonyl (C=O) groups is 1. The van der Waals surface area contributed by atoms with E-state index in [0.29, 0.717) is 22.1 Å². The Bertz CT molecular complexity index is 1810. The van der Waals surface area contributed by atoms with Crippen molar-refractivity contribution in [2.75, 3.05) is 6.61 Å². The Morgan fingerprint density at radius 1 is 0.872 bits per heavy atom. The number of carbonyl (C=O) groups excluding carboxylic acids is 1. The molecule has 0 saturated heterocycles. The fourth-order valence-corrected chi connectivity index (χ4v) is 5.22. The first kappa shape index (κ1) is 24.4. The van der Waals surface area contributed by atoms with Gasteiger partial charge in [-0.05, 0) is 19.1 Å². The maximum atomic E-state index is 13.8. The van der Waals surface area contributed by atoms with Gasteiger partial charge in [-0.15, -0.1) is 0 Å². The normalized spacial score (nSPS) is 13.7. The molecule has 1 aliphatic heterocycles. The molecule has 1 aromatic heterocycles. The van der Waals surface area contributed by atoms with Crippen LogP contribution in [-0.4, -0.2) is 17.1 Å². The van der Waals surface area contributed by atoms with Crippen molar-refractivity contribution >= 4 is 33.8 Å². The molecule has 0 fully saturated rings. The van der Waals surface area contributed by atoms with Crippen LogP contribution in [0.4, 0.5) is 0 Å². The van der Waals surface area contributed by atoms with E-state index in [0.717, 1.165) is 15.7 Å². The molecule has 5 aromatic rings. The Balaban J connectivity index is 1.62. The van der Waals surface area contributed by atoms with Crippen molar-refractivity contribution < 1.29 is 18.7 Å². The molecule has 0 saturated carbocycles. The topological polar surface area (TPSA) is 87.7 Å². The number of hydrogen-bond acceptors (Lipinski definition) is 6. The minimum absolute atomic E-state index is 0.128. The summed E-state index contributed by atoms with van der Waals surface area (Å²) in [4.78, 5) is 38.7. The first-order valence-corrected chi connectivity index (χ1v) is 12.8. The number of ether oxygens (including phenoxy) is 2. The predicted molar refractivity (Wildman–Crippen MR) is 149 cm³/mol.